The molecule has 0 atom stereocenters. The molecule has 3 aromatic carbocycles. The van der Waals surface area contributed by atoms with E-state index in [1.54, 1.807) is 0 Å². The van der Waals surface area contributed by atoms with Crippen LogP contribution in [0.1, 0.15) is 10.6 Å². The van der Waals surface area contributed by atoms with Crippen LogP contribution in [0.25, 0.3) is 44.1 Å². The van der Waals surface area contributed by atoms with Crippen molar-refractivity contribution in [2.45, 2.75) is 0 Å². The normalized spacial score (nSPS) is 11.8. The molecule has 4 nitrogen and oxygen atoms in total. The van der Waals surface area contributed by atoms with Gasteiger partial charge in [-0.1, -0.05) is 53.7 Å². The van der Waals surface area contributed by atoms with E-state index in [0.29, 0.717) is 5.57 Å². The summed E-state index contributed by atoms with van der Waals surface area (Å²) in [5.41, 5.74) is 4.11. The van der Waals surface area contributed by atoms with Crippen LogP contribution in [-0.4, -0.2) is 10.1 Å². The van der Waals surface area contributed by atoms with Gasteiger partial charge in [-0.3, -0.25) is 0 Å². The van der Waals surface area contributed by atoms with Gasteiger partial charge in [0, 0.05) is 5.56 Å². The molecule has 0 aliphatic heterocycles. The van der Waals surface area contributed by atoms with E-state index >= 15 is 0 Å². The molecule has 0 radical (unpaired) electrons. The lowest BCUT2D eigenvalue weighted by atomic mass is 10.0. The molecular weight excluding hydrogens is 366 g/mol. The van der Waals surface area contributed by atoms with Crippen molar-refractivity contribution in [2.75, 3.05) is 0 Å². The summed E-state index contributed by atoms with van der Waals surface area (Å²) >= 11 is 1.52. The molecule has 132 valence electrons. The Morgan fingerprint density at radius 2 is 1.79 bits per heavy atom. The highest BCUT2D eigenvalue weighted by Crippen LogP contribution is 2.31. The Hall–Kier alpha value is -3.75. The summed E-state index contributed by atoms with van der Waals surface area (Å²) in [6.07, 6.45) is 1.86. The smallest absolute Gasteiger partial charge is 0.174 e. The summed E-state index contributed by atoms with van der Waals surface area (Å²) in [7, 11) is 0. The maximum Gasteiger partial charge on any atom is 0.174 e. The van der Waals surface area contributed by atoms with Crippen molar-refractivity contribution < 1.29 is 4.52 Å². The average molecular weight is 379 g/mol. The standard InChI is InChI=1S/C23H13N3OS/c24-14-17(23-25-20-8-4-5-9-21(20)28-23)12-15-10-11-19-18(13-15)22(27-26-19)16-6-2-1-3-7-16/h1-13H. The number of nitrogens with zero attached hydrogens (tertiary/aromatic N) is 3. The minimum atomic E-state index is 0.540. The summed E-state index contributed by atoms with van der Waals surface area (Å²) < 4.78 is 6.63. The zero-order valence-electron chi connectivity index (χ0n) is 14.7. The first kappa shape index (κ1) is 16.4. The van der Waals surface area contributed by atoms with Gasteiger partial charge in [-0.15, -0.1) is 11.3 Å². The summed E-state index contributed by atoms with van der Waals surface area (Å²) in [5.74, 6) is 0.726. The van der Waals surface area contributed by atoms with Gasteiger partial charge in [0.15, 0.2) is 5.76 Å². The number of nitriles is 1. The van der Waals surface area contributed by atoms with Gasteiger partial charge in [0.2, 0.25) is 0 Å². The molecule has 0 saturated heterocycles. The number of rotatable bonds is 3. The molecule has 0 spiro atoms. The molecule has 2 heterocycles. The first-order valence-corrected chi connectivity index (χ1v) is 9.56. The van der Waals surface area contributed by atoms with E-state index in [1.165, 1.54) is 11.3 Å². The Bertz CT molecular complexity index is 1340. The molecule has 0 fully saturated rings. The Balaban J connectivity index is 1.61. The molecular formula is C23H13N3OS. The molecule has 0 saturated carbocycles. The Morgan fingerprint density at radius 1 is 0.964 bits per heavy atom. The molecule has 28 heavy (non-hydrogen) atoms. The van der Waals surface area contributed by atoms with Gasteiger partial charge in [-0.25, -0.2) is 4.98 Å². The highest BCUT2D eigenvalue weighted by molar-refractivity contribution is 7.19. The summed E-state index contributed by atoms with van der Waals surface area (Å²) in [5, 5.41) is 15.5. The largest absolute Gasteiger partial charge is 0.355 e. The van der Waals surface area contributed by atoms with Gasteiger partial charge in [-0.05, 0) is 35.9 Å². The number of hydrogen-bond donors (Lipinski definition) is 0. The number of aromatic nitrogens is 2. The molecule has 0 N–H and O–H groups in total. The maximum atomic E-state index is 9.69. The minimum absolute atomic E-state index is 0.540. The van der Waals surface area contributed by atoms with Crippen LogP contribution in [-0.2, 0) is 0 Å². The van der Waals surface area contributed by atoms with Crippen molar-refractivity contribution in [2.24, 2.45) is 0 Å². The predicted molar refractivity (Wildman–Crippen MR) is 113 cm³/mol. The lowest BCUT2D eigenvalue weighted by Gasteiger charge is -1.98. The van der Waals surface area contributed by atoms with Crippen LogP contribution in [0.15, 0.2) is 77.3 Å². The van der Waals surface area contributed by atoms with Crippen LogP contribution in [0.5, 0.6) is 0 Å². The molecule has 5 heteroatoms. The first-order valence-electron chi connectivity index (χ1n) is 8.74. The molecule has 5 rings (SSSR count). The number of fused-ring (bicyclic) bond motifs is 2. The first-order chi connectivity index (χ1) is 13.8. The predicted octanol–water partition coefficient (Wildman–Crippen LogP) is 6.17. The molecule has 0 aliphatic rings. The van der Waals surface area contributed by atoms with E-state index in [9.17, 15) is 5.26 Å². The van der Waals surface area contributed by atoms with Crippen LogP contribution in [0.4, 0.5) is 0 Å². The summed E-state index contributed by atoms with van der Waals surface area (Å²) in [6.45, 7) is 0. The molecule has 0 aliphatic carbocycles. The molecule has 5 aromatic rings. The lowest BCUT2D eigenvalue weighted by molar-refractivity contribution is 0.441. The van der Waals surface area contributed by atoms with E-state index < -0.39 is 0 Å². The van der Waals surface area contributed by atoms with Crippen LogP contribution in [0, 0.1) is 11.3 Å². The summed E-state index contributed by atoms with van der Waals surface area (Å²) in [6, 6.07) is 25.9. The van der Waals surface area contributed by atoms with Crippen LogP contribution < -0.4 is 0 Å². The molecule has 0 bridgehead atoms. The van der Waals surface area contributed by atoms with Gasteiger partial charge in [0.1, 0.15) is 16.6 Å². The minimum Gasteiger partial charge on any atom is -0.355 e. The topological polar surface area (TPSA) is 62.7 Å². The van der Waals surface area contributed by atoms with Crippen molar-refractivity contribution >= 4 is 44.1 Å². The van der Waals surface area contributed by atoms with Gasteiger partial charge in [-0.2, -0.15) is 5.26 Å². The second-order valence-electron chi connectivity index (χ2n) is 6.31. The van der Waals surface area contributed by atoms with E-state index in [-0.39, 0.29) is 0 Å². The van der Waals surface area contributed by atoms with Gasteiger partial charge in [0.25, 0.3) is 0 Å². The Morgan fingerprint density at radius 3 is 2.61 bits per heavy atom. The summed E-state index contributed by atoms with van der Waals surface area (Å²) in [4.78, 5) is 4.59. The fourth-order valence-electron chi connectivity index (χ4n) is 3.14. The number of para-hydroxylation sites is 1. The maximum absolute atomic E-state index is 9.69. The third-order valence-corrected chi connectivity index (χ3v) is 5.56. The van der Waals surface area contributed by atoms with E-state index in [0.717, 1.165) is 43.0 Å². The second kappa shape index (κ2) is 6.76. The van der Waals surface area contributed by atoms with Gasteiger partial charge in [0.05, 0.1) is 21.2 Å². The van der Waals surface area contributed by atoms with Crippen molar-refractivity contribution in [3.8, 4) is 17.4 Å². The van der Waals surface area contributed by atoms with Crippen molar-refractivity contribution in [1.82, 2.24) is 10.1 Å². The Kier molecular flexibility index (Phi) is 3.97. The quantitative estimate of drug-likeness (QED) is 0.352. The van der Waals surface area contributed by atoms with Gasteiger partial charge >= 0.3 is 0 Å². The Labute approximate surface area is 165 Å². The van der Waals surface area contributed by atoms with E-state index in [2.05, 4.69) is 16.2 Å². The van der Waals surface area contributed by atoms with E-state index in [1.807, 2.05) is 78.9 Å². The van der Waals surface area contributed by atoms with Crippen LogP contribution >= 0.6 is 11.3 Å². The fourth-order valence-corrected chi connectivity index (χ4v) is 4.07. The highest BCUT2D eigenvalue weighted by atomic mass is 32.1. The number of benzene rings is 3. The number of allylic oxidation sites excluding steroid dienone is 1. The van der Waals surface area contributed by atoms with Crippen molar-refractivity contribution in [3.05, 3.63) is 83.4 Å². The van der Waals surface area contributed by atoms with Crippen molar-refractivity contribution in [3.63, 3.8) is 0 Å². The van der Waals surface area contributed by atoms with Gasteiger partial charge < -0.3 is 4.52 Å². The lowest BCUT2D eigenvalue weighted by Crippen LogP contribution is -1.81. The zero-order valence-corrected chi connectivity index (χ0v) is 15.5. The van der Waals surface area contributed by atoms with Crippen LogP contribution in [0.2, 0.25) is 0 Å². The zero-order chi connectivity index (χ0) is 18.9. The molecule has 0 unspecified atom stereocenters. The number of hydrogen-bond acceptors (Lipinski definition) is 5. The number of thiazole rings is 1. The SMILES string of the molecule is N#CC(=Cc1ccc2noc(-c3ccccc3)c2c1)c1nc2ccccc2s1. The van der Waals surface area contributed by atoms with E-state index in [4.69, 9.17) is 4.52 Å². The third kappa shape index (κ3) is 2.86. The monoisotopic (exact) mass is 379 g/mol. The van der Waals surface area contributed by atoms with Crippen LogP contribution in [0.3, 0.4) is 0 Å². The fraction of sp³-hybridized carbons (Fsp3) is 0. The molecule has 0 amide bonds. The second-order valence-corrected chi connectivity index (χ2v) is 7.34. The average Bonchev–Trinajstić information content (AvgIpc) is 3.36. The van der Waals surface area contributed by atoms with Crippen molar-refractivity contribution in [1.29, 1.82) is 5.26 Å². The highest BCUT2D eigenvalue weighted by Gasteiger charge is 2.12. The third-order valence-electron chi connectivity index (χ3n) is 4.49. The molecule has 2 aromatic heterocycles.